The van der Waals surface area contributed by atoms with Crippen molar-refractivity contribution in [2.75, 3.05) is 20.2 Å². The van der Waals surface area contributed by atoms with Gasteiger partial charge in [-0.3, -0.25) is 4.79 Å². The van der Waals surface area contributed by atoms with E-state index < -0.39 is 10.0 Å². The summed E-state index contributed by atoms with van der Waals surface area (Å²) in [5.74, 6) is -0.266. The third-order valence-corrected chi connectivity index (χ3v) is 7.13. The van der Waals surface area contributed by atoms with Crippen LogP contribution in [0.2, 0.25) is 0 Å². The van der Waals surface area contributed by atoms with Gasteiger partial charge < -0.3 is 10.1 Å². The molecule has 0 aliphatic carbocycles. The van der Waals surface area contributed by atoms with E-state index in [4.69, 9.17) is 4.74 Å². The van der Waals surface area contributed by atoms with Crippen molar-refractivity contribution in [1.29, 1.82) is 0 Å². The third-order valence-electron chi connectivity index (χ3n) is 4.27. The van der Waals surface area contributed by atoms with Crippen LogP contribution >= 0.6 is 11.3 Å². The number of hydrogen-bond acceptors (Lipinski definition) is 5. The lowest BCUT2D eigenvalue weighted by molar-refractivity contribution is 0.0861. The number of carbonyl (C=O) groups is 1. The summed E-state index contributed by atoms with van der Waals surface area (Å²) in [6.07, 6.45) is 2.00. The van der Waals surface area contributed by atoms with Crippen molar-refractivity contribution < 1.29 is 17.9 Å². The molecular weight excluding hydrogens is 372 g/mol. The van der Waals surface area contributed by atoms with E-state index in [1.54, 1.807) is 0 Å². The Hall–Kier alpha value is -1.74. The summed E-state index contributed by atoms with van der Waals surface area (Å²) in [6.45, 7) is 1.46. The molecule has 1 aromatic heterocycles. The summed E-state index contributed by atoms with van der Waals surface area (Å²) in [5.41, 5.74) is 0.906. The molecule has 140 valence electrons. The predicted molar refractivity (Wildman–Crippen MR) is 101 cm³/mol. The zero-order chi connectivity index (χ0) is 18.6. The van der Waals surface area contributed by atoms with Gasteiger partial charge in [-0.05, 0) is 24.5 Å². The maximum absolute atomic E-state index is 12.7. The summed E-state index contributed by atoms with van der Waals surface area (Å²) in [4.78, 5) is 12.8. The number of rotatable bonds is 7. The number of nitrogens with zero attached hydrogens (tertiary/aromatic N) is 1. The molecule has 1 fully saturated rings. The fraction of sp³-hybridized carbons (Fsp3) is 0.389. The highest BCUT2D eigenvalue weighted by Crippen LogP contribution is 2.23. The van der Waals surface area contributed by atoms with E-state index in [9.17, 15) is 13.2 Å². The fourth-order valence-electron chi connectivity index (χ4n) is 2.78. The second-order valence-corrected chi connectivity index (χ2v) is 9.19. The number of ether oxygens (including phenoxy) is 1. The van der Waals surface area contributed by atoms with Crippen LogP contribution in [0.15, 0.2) is 46.7 Å². The summed E-state index contributed by atoms with van der Waals surface area (Å²) >= 11 is 1.13. The summed E-state index contributed by atoms with van der Waals surface area (Å²) in [6, 6.07) is 10.8. The average Bonchev–Trinajstić information content (AvgIpc) is 3.32. The first-order valence-electron chi connectivity index (χ1n) is 8.45. The molecule has 1 amide bonds. The van der Waals surface area contributed by atoms with Crippen LogP contribution in [0.3, 0.4) is 0 Å². The Labute approximate surface area is 157 Å². The van der Waals surface area contributed by atoms with Crippen molar-refractivity contribution in [2.45, 2.75) is 30.4 Å². The molecule has 2 aromatic rings. The summed E-state index contributed by atoms with van der Waals surface area (Å²) < 4.78 is 32.2. The maximum Gasteiger partial charge on any atom is 0.261 e. The Morgan fingerprint density at radius 1 is 1.35 bits per heavy atom. The largest absolute Gasteiger partial charge is 0.376 e. The first kappa shape index (κ1) is 19.0. The molecule has 1 saturated heterocycles. The van der Waals surface area contributed by atoms with E-state index in [1.807, 2.05) is 30.3 Å². The fourth-order valence-corrected chi connectivity index (χ4v) is 5.11. The quantitative estimate of drug-likeness (QED) is 0.783. The normalized spacial score (nSPS) is 17.5. The van der Waals surface area contributed by atoms with Crippen molar-refractivity contribution in [2.24, 2.45) is 0 Å². The molecule has 2 heterocycles. The minimum absolute atomic E-state index is 0.0547. The first-order chi connectivity index (χ1) is 12.5. The van der Waals surface area contributed by atoms with Gasteiger partial charge >= 0.3 is 0 Å². The highest BCUT2D eigenvalue weighted by Gasteiger charge is 2.24. The highest BCUT2D eigenvalue weighted by molar-refractivity contribution is 7.89. The van der Waals surface area contributed by atoms with Gasteiger partial charge in [-0.15, -0.1) is 11.3 Å². The summed E-state index contributed by atoms with van der Waals surface area (Å²) in [7, 11) is -2.10. The smallest absolute Gasteiger partial charge is 0.261 e. The minimum atomic E-state index is -3.64. The zero-order valence-corrected chi connectivity index (χ0v) is 16.2. The Morgan fingerprint density at radius 3 is 2.81 bits per heavy atom. The Balaban J connectivity index is 1.64. The van der Waals surface area contributed by atoms with Crippen LogP contribution in [0.4, 0.5) is 0 Å². The van der Waals surface area contributed by atoms with Crippen molar-refractivity contribution in [3.63, 3.8) is 0 Å². The topological polar surface area (TPSA) is 75.7 Å². The van der Waals surface area contributed by atoms with Gasteiger partial charge in [0.25, 0.3) is 5.91 Å². The van der Waals surface area contributed by atoms with Crippen LogP contribution in [-0.4, -0.2) is 44.9 Å². The third kappa shape index (κ3) is 4.50. The molecule has 1 N–H and O–H groups in total. The van der Waals surface area contributed by atoms with Gasteiger partial charge in [0.2, 0.25) is 10.0 Å². The second-order valence-electron chi connectivity index (χ2n) is 6.24. The van der Waals surface area contributed by atoms with Crippen molar-refractivity contribution >= 4 is 27.3 Å². The van der Waals surface area contributed by atoms with Crippen LogP contribution in [0, 0.1) is 0 Å². The Bertz CT molecular complexity index is 843. The average molecular weight is 395 g/mol. The van der Waals surface area contributed by atoms with E-state index in [-0.39, 0.29) is 23.5 Å². The molecule has 0 radical (unpaired) electrons. The van der Waals surface area contributed by atoms with Crippen LogP contribution in [-0.2, 0) is 21.3 Å². The zero-order valence-electron chi connectivity index (χ0n) is 14.6. The van der Waals surface area contributed by atoms with Crippen molar-refractivity contribution in [3.8, 4) is 0 Å². The Morgan fingerprint density at radius 2 is 2.12 bits per heavy atom. The number of thiophene rings is 1. The van der Waals surface area contributed by atoms with Crippen LogP contribution in [0.5, 0.6) is 0 Å². The van der Waals surface area contributed by atoms with Crippen molar-refractivity contribution in [1.82, 2.24) is 9.62 Å². The molecule has 1 aliphatic heterocycles. The second kappa shape index (κ2) is 8.30. The van der Waals surface area contributed by atoms with Crippen LogP contribution in [0.25, 0.3) is 0 Å². The number of amides is 1. The van der Waals surface area contributed by atoms with E-state index in [0.717, 1.165) is 36.3 Å². The number of carbonyl (C=O) groups excluding carboxylic acids is 1. The number of sulfonamides is 1. The Kier molecular flexibility index (Phi) is 6.08. The molecule has 0 spiro atoms. The molecule has 0 unspecified atom stereocenters. The van der Waals surface area contributed by atoms with Gasteiger partial charge in [0.1, 0.15) is 0 Å². The number of benzene rings is 1. The SMILES string of the molecule is CN(Cc1ccccc1)S(=O)(=O)c1csc(C(=O)NC[C@@H]2CCCO2)c1. The standard InChI is InChI=1S/C18H22N2O4S2/c1-20(12-14-6-3-2-4-7-14)26(22,23)16-10-17(25-13-16)18(21)19-11-15-8-5-9-24-15/h2-4,6-7,10,13,15H,5,8-9,11-12H2,1H3,(H,19,21)/t15-/m0/s1. The van der Waals surface area contributed by atoms with E-state index >= 15 is 0 Å². The molecule has 0 saturated carbocycles. The van der Waals surface area contributed by atoms with Crippen molar-refractivity contribution in [3.05, 3.63) is 52.2 Å². The van der Waals surface area contributed by atoms with Gasteiger partial charge in [-0.25, -0.2) is 8.42 Å². The lowest BCUT2D eigenvalue weighted by atomic mass is 10.2. The van der Waals surface area contributed by atoms with E-state index in [2.05, 4.69) is 5.32 Å². The molecule has 6 nitrogen and oxygen atoms in total. The monoisotopic (exact) mass is 394 g/mol. The van der Waals surface area contributed by atoms with Crippen LogP contribution < -0.4 is 5.32 Å². The van der Waals surface area contributed by atoms with Gasteiger partial charge in [0.05, 0.1) is 15.9 Å². The molecule has 1 atom stereocenters. The predicted octanol–water partition coefficient (Wildman–Crippen LogP) is 2.48. The molecule has 0 bridgehead atoms. The molecule has 26 heavy (non-hydrogen) atoms. The van der Waals surface area contributed by atoms with Gasteiger partial charge in [0.15, 0.2) is 0 Å². The summed E-state index contributed by atoms with van der Waals surface area (Å²) in [5, 5.41) is 4.32. The van der Waals surface area contributed by atoms with E-state index in [0.29, 0.717) is 11.4 Å². The van der Waals surface area contributed by atoms with Gasteiger partial charge in [0, 0.05) is 32.1 Å². The molecule has 1 aliphatic rings. The highest BCUT2D eigenvalue weighted by atomic mass is 32.2. The lowest BCUT2D eigenvalue weighted by Crippen LogP contribution is -2.31. The molecule has 3 rings (SSSR count). The molecule has 1 aromatic carbocycles. The maximum atomic E-state index is 12.7. The van der Waals surface area contributed by atoms with Crippen LogP contribution in [0.1, 0.15) is 28.1 Å². The number of nitrogens with one attached hydrogen (secondary N) is 1. The molecule has 8 heteroatoms. The van der Waals surface area contributed by atoms with Gasteiger partial charge in [-0.2, -0.15) is 4.31 Å². The van der Waals surface area contributed by atoms with Gasteiger partial charge in [-0.1, -0.05) is 30.3 Å². The number of hydrogen-bond donors (Lipinski definition) is 1. The lowest BCUT2D eigenvalue weighted by Gasteiger charge is -2.16. The minimum Gasteiger partial charge on any atom is -0.376 e. The van der Waals surface area contributed by atoms with E-state index in [1.165, 1.54) is 22.8 Å². The molecular formula is C18H22N2O4S2. The first-order valence-corrected chi connectivity index (χ1v) is 10.8.